The minimum Gasteiger partial charge on any atom is -0.348 e. The molecular weight excluding hydrogens is 132 g/mol. The van der Waals surface area contributed by atoms with E-state index in [0.29, 0.717) is 0 Å². The molecule has 0 fully saturated rings. The minimum atomic E-state index is 1.09. The number of thioether (sulfide) groups is 1. The van der Waals surface area contributed by atoms with Crippen molar-refractivity contribution in [3.63, 3.8) is 0 Å². The maximum Gasteiger partial charge on any atom is 0.117 e. The molecule has 0 aliphatic rings. The Morgan fingerprint density at radius 2 is 2.56 bits per heavy atom. The molecule has 0 atom stereocenters. The molecule has 1 aromatic rings. The Labute approximate surface area is 59.1 Å². The van der Waals surface area contributed by atoms with E-state index >= 15 is 0 Å². The summed E-state index contributed by atoms with van der Waals surface area (Å²) in [6.07, 6.45) is 1.73. The van der Waals surface area contributed by atoms with Gasteiger partial charge in [-0.25, -0.2) is 4.98 Å². The lowest BCUT2D eigenvalue weighted by Gasteiger charge is -1.90. The molecule has 0 aliphatic heterocycles. The van der Waals surface area contributed by atoms with Gasteiger partial charge in [-0.3, -0.25) is 0 Å². The second-order valence-electron chi connectivity index (χ2n) is 1.77. The summed E-state index contributed by atoms with van der Waals surface area (Å²) in [7, 11) is 0. The molecule has 0 saturated carbocycles. The normalized spacial score (nSPS) is 10.0. The van der Waals surface area contributed by atoms with Crippen LogP contribution in [0.4, 0.5) is 0 Å². The zero-order valence-electron chi connectivity index (χ0n) is 5.64. The van der Waals surface area contributed by atoms with E-state index < -0.39 is 0 Å². The molecule has 0 bridgehead atoms. The number of rotatable bonds is 2. The second kappa shape index (κ2) is 2.92. The Morgan fingerprint density at radius 1 is 1.78 bits per heavy atom. The van der Waals surface area contributed by atoms with Crippen molar-refractivity contribution in [1.29, 1.82) is 0 Å². The van der Waals surface area contributed by atoms with Crippen LogP contribution in [-0.4, -0.2) is 15.7 Å². The van der Waals surface area contributed by atoms with E-state index in [0.717, 1.165) is 10.8 Å². The van der Waals surface area contributed by atoms with Crippen LogP contribution >= 0.6 is 11.8 Å². The number of imidazole rings is 1. The fourth-order valence-electron chi connectivity index (χ4n) is 0.629. The van der Waals surface area contributed by atoms with Gasteiger partial charge in [0.25, 0.3) is 0 Å². The zero-order valence-corrected chi connectivity index (χ0v) is 6.46. The molecule has 1 heterocycles. The van der Waals surface area contributed by atoms with Gasteiger partial charge in [-0.05, 0) is 12.7 Å². The van der Waals surface area contributed by atoms with E-state index in [9.17, 15) is 0 Å². The van der Waals surface area contributed by atoms with Crippen molar-refractivity contribution in [3.8, 4) is 0 Å². The Balaban J connectivity index is 2.69. The van der Waals surface area contributed by atoms with E-state index in [1.165, 1.54) is 5.69 Å². The second-order valence-corrected chi connectivity index (χ2v) is 3.02. The van der Waals surface area contributed by atoms with Gasteiger partial charge in [0.05, 0.1) is 6.33 Å². The van der Waals surface area contributed by atoms with Gasteiger partial charge in [0, 0.05) is 5.69 Å². The Kier molecular flexibility index (Phi) is 2.16. The zero-order chi connectivity index (χ0) is 6.69. The summed E-state index contributed by atoms with van der Waals surface area (Å²) in [4.78, 5) is 7.13. The summed E-state index contributed by atoms with van der Waals surface area (Å²) in [5.41, 5.74) is 1.17. The highest BCUT2D eigenvalue weighted by Gasteiger charge is 1.96. The Hall–Kier alpha value is -0.440. The predicted molar refractivity (Wildman–Crippen MR) is 39.7 cm³/mol. The number of hydrogen-bond donors (Lipinski definition) is 1. The molecule has 0 aromatic carbocycles. The van der Waals surface area contributed by atoms with Gasteiger partial charge >= 0.3 is 0 Å². The number of aryl methyl sites for hydroxylation is 1. The van der Waals surface area contributed by atoms with Gasteiger partial charge in [0.2, 0.25) is 0 Å². The van der Waals surface area contributed by atoms with Crippen molar-refractivity contribution in [2.24, 2.45) is 0 Å². The van der Waals surface area contributed by atoms with E-state index in [-0.39, 0.29) is 0 Å². The highest BCUT2D eigenvalue weighted by molar-refractivity contribution is 7.99. The van der Waals surface area contributed by atoms with Crippen LogP contribution in [-0.2, 0) is 0 Å². The summed E-state index contributed by atoms with van der Waals surface area (Å²) in [5.74, 6) is 1.09. The number of nitrogens with one attached hydrogen (secondary N) is 1. The third-order valence-electron chi connectivity index (χ3n) is 1.06. The van der Waals surface area contributed by atoms with Crippen LogP contribution < -0.4 is 0 Å². The first-order valence-corrected chi connectivity index (χ1v) is 3.96. The van der Waals surface area contributed by atoms with E-state index in [1.807, 2.05) is 6.92 Å². The van der Waals surface area contributed by atoms with Crippen molar-refractivity contribution < 1.29 is 0 Å². The fraction of sp³-hybridized carbons (Fsp3) is 0.500. The molecule has 2 nitrogen and oxygen atoms in total. The average molecular weight is 142 g/mol. The van der Waals surface area contributed by atoms with E-state index in [2.05, 4.69) is 16.9 Å². The summed E-state index contributed by atoms with van der Waals surface area (Å²) >= 11 is 1.77. The average Bonchev–Trinajstić information content (AvgIpc) is 2.18. The maximum absolute atomic E-state index is 4.11. The number of aromatic amines is 1. The maximum atomic E-state index is 4.11. The number of nitrogens with zero attached hydrogens (tertiary/aromatic N) is 1. The summed E-state index contributed by atoms with van der Waals surface area (Å²) < 4.78 is 0. The molecular formula is C6H10N2S. The third kappa shape index (κ3) is 1.48. The molecule has 1 aromatic heterocycles. The number of aromatic nitrogens is 2. The molecule has 3 heteroatoms. The lowest BCUT2D eigenvalue weighted by molar-refractivity contribution is 1.15. The summed E-state index contributed by atoms with van der Waals surface area (Å²) in [6.45, 7) is 4.16. The van der Waals surface area contributed by atoms with Gasteiger partial charge < -0.3 is 4.98 Å². The molecule has 1 rings (SSSR count). The first-order chi connectivity index (χ1) is 4.34. The molecule has 9 heavy (non-hydrogen) atoms. The van der Waals surface area contributed by atoms with Crippen molar-refractivity contribution >= 4 is 11.8 Å². The lowest BCUT2D eigenvalue weighted by atomic mass is 10.6. The van der Waals surface area contributed by atoms with Crippen LogP contribution in [0.2, 0.25) is 0 Å². The van der Waals surface area contributed by atoms with Crippen LogP contribution in [0.15, 0.2) is 11.4 Å². The van der Waals surface area contributed by atoms with Crippen LogP contribution in [0.5, 0.6) is 0 Å². The van der Waals surface area contributed by atoms with Crippen molar-refractivity contribution in [2.75, 3.05) is 5.75 Å². The van der Waals surface area contributed by atoms with Crippen LogP contribution in [0.1, 0.15) is 12.6 Å². The molecule has 0 amide bonds. The fourth-order valence-corrected chi connectivity index (χ4v) is 1.30. The SMILES string of the molecule is CCSc1nc[nH]c1C. The minimum absolute atomic E-state index is 1.09. The Bertz CT molecular complexity index is 183. The number of hydrogen-bond acceptors (Lipinski definition) is 2. The standard InChI is InChI=1S/C6H10N2S/c1-3-9-6-5(2)7-4-8-6/h4H,3H2,1-2H3,(H,7,8). The molecule has 0 radical (unpaired) electrons. The first-order valence-electron chi connectivity index (χ1n) is 2.97. The van der Waals surface area contributed by atoms with Crippen LogP contribution in [0.25, 0.3) is 0 Å². The summed E-state index contributed by atoms with van der Waals surface area (Å²) in [5, 5.41) is 1.12. The predicted octanol–water partition coefficient (Wildman–Crippen LogP) is 1.83. The van der Waals surface area contributed by atoms with Gasteiger partial charge in [-0.1, -0.05) is 6.92 Å². The molecule has 1 N–H and O–H groups in total. The van der Waals surface area contributed by atoms with Crippen molar-refractivity contribution in [1.82, 2.24) is 9.97 Å². The van der Waals surface area contributed by atoms with Crippen LogP contribution in [0.3, 0.4) is 0 Å². The molecule has 0 spiro atoms. The molecule has 0 saturated heterocycles. The highest BCUT2D eigenvalue weighted by Crippen LogP contribution is 2.16. The summed E-state index contributed by atoms with van der Waals surface area (Å²) in [6, 6.07) is 0. The topological polar surface area (TPSA) is 28.7 Å². The largest absolute Gasteiger partial charge is 0.348 e. The number of H-pyrrole nitrogens is 1. The lowest BCUT2D eigenvalue weighted by Crippen LogP contribution is -1.75. The van der Waals surface area contributed by atoms with Crippen LogP contribution in [0, 0.1) is 6.92 Å². The first kappa shape index (κ1) is 6.68. The van der Waals surface area contributed by atoms with Crippen molar-refractivity contribution in [2.45, 2.75) is 18.9 Å². The Morgan fingerprint density at radius 3 is 3.00 bits per heavy atom. The van der Waals surface area contributed by atoms with E-state index in [4.69, 9.17) is 0 Å². The highest BCUT2D eigenvalue weighted by atomic mass is 32.2. The van der Waals surface area contributed by atoms with Gasteiger partial charge in [0.1, 0.15) is 5.03 Å². The van der Waals surface area contributed by atoms with Crippen molar-refractivity contribution in [3.05, 3.63) is 12.0 Å². The van der Waals surface area contributed by atoms with E-state index in [1.54, 1.807) is 18.1 Å². The van der Waals surface area contributed by atoms with Gasteiger partial charge in [0.15, 0.2) is 0 Å². The smallest absolute Gasteiger partial charge is 0.117 e. The molecule has 50 valence electrons. The van der Waals surface area contributed by atoms with Gasteiger partial charge in [-0.2, -0.15) is 0 Å². The molecule has 0 aliphatic carbocycles. The molecule has 0 unspecified atom stereocenters. The quantitative estimate of drug-likeness (QED) is 0.638. The third-order valence-corrected chi connectivity index (χ3v) is 2.04. The van der Waals surface area contributed by atoms with Gasteiger partial charge in [-0.15, -0.1) is 11.8 Å². The monoisotopic (exact) mass is 142 g/mol.